The Kier molecular flexibility index (Phi) is 3.48. The van der Waals surface area contributed by atoms with Gasteiger partial charge in [-0.2, -0.15) is 0 Å². The molecule has 3 N–H and O–H groups in total. The lowest BCUT2D eigenvalue weighted by molar-refractivity contribution is 1.10. The van der Waals surface area contributed by atoms with Gasteiger partial charge in [-0.25, -0.2) is 9.97 Å². The van der Waals surface area contributed by atoms with E-state index in [1.165, 1.54) is 17.7 Å². The number of nitrogens with two attached hydrogens (primary N) is 1. The first-order valence-electron chi connectivity index (χ1n) is 4.41. The highest BCUT2D eigenvalue weighted by Crippen LogP contribution is 2.25. The van der Waals surface area contributed by atoms with Gasteiger partial charge in [0.15, 0.2) is 11.0 Å². The first kappa shape index (κ1) is 11.4. The third-order valence-electron chi connectivity index (χ3n) is 1.89. The molecule has 4 nitrogen and oxygen atoms in total. The second kappa shape index (κ2) is 4.86. The molecule has 0 bridgehead atoms. The molecule has 0 saturated heterocycles. The van der Waals surface area contributed by atoms with E-state index in [1.54, 1.807) is 0 Å². The Morgan fingerprint density at radius 1 is 1.31 bits per heavy atom. The second-order valence-corrected chi connectivity index (χ2v) is 5.14. The van der Waals surface area contributed by atoms with Gasteiger partial charge in [-0.05, 0) is 12.1 Å². The molecular weight excluding hydrogens is 267 g/mol. The van der Waals surface area contributed by atoms with Crippen LogP contribution in [0.25, 0.3) is 0 Å². The molecule has 0 saturated carbocycles. The van der Waals surface area contributed by atoms with Gasteiger partial charge < -0.3 is 11.1 Å². The van der Waals surface area contributed by atoms with Gasteiger partial charge in [0, 0.05) is 4.88 Å². The lowest BCUT2D eigenvalue weighted by atomic mass is 10.4. The Balaban J connectivity index is 2.07. The van der Waals surface area contributed by atoms with Crippen LogP contribution in [-0.4, -0.2) is 9.97 Å². The van der Waals surface area contributed by atoms with Crippen LogP contribution >= 0.6 is 34.5 Å². The second-order valence-electron chi connectivity index (χ2n) is 2.99. The molecule has 0 radical (unpaired) electrons. The molecule has 0 aliphatic heterocycles. The van der Waals surface area contributed by atoms with Crippen LogP contribution < -0.4 is 11.1 Å². The van der Waals surface area contributed by atoms with Crippen molar-refractivity contribution in [1.82, 2.24) is 9.97 Å². The van der Waals surface area contributed by atoms with Crippen molar-refractivity contribution in [3.63, 3.8) is 0 Å². The van der Waals surface area contributed by atoms with Crippen molar-refractivity contribution in [3.05, 3.63) is 32.8 Å². The highest BCUT2D eigenvalue weighted by atomic mass is 35.5. The zero-order valence-corrected chi connectivity index (χ0v) is 10.4. The summed E-state index contributed by atoms with van der Waals surface area (Å²) in [6, 6.07) is 3.79. The van der Waals surface area contributed by atoms with Crippen LogP contribution in [0, 0.1) is 0 Å². The summed E-state index contributed by atoms with van der Waals surface area (Å²) in [5.74, 6) is 0.532. The number of nitrogen functional groups attached to an aromatic ring is 1. The van der Waals surface area contributed by atoms with E-state index >= 15 is 0 Å². The first-order chi connectivity index (χ1) is 7.66. The summed E-state index contributed by atoms with van der Waals surface area (Å²) >= 11 is 13.1. The number of hydrogen-bond acceptors (Lipinski definition) is 5. The summed E-state index contributed by atoms with van der Waals surface area (Å²) in [6.45, 7) is 0.606. The Bertz CT molecular complexity index is 500. The van der Waals surface area contributed by atoms with E-state index in [0.29, 0.717) is 18.1 Å². The SMILES string of the molecule is Nc1c(Cl)ncnc1NCc1ccc(Cl)s1. The van der Waals surface area contributed by atoms with Crippen molar-refractivity contribution in [2.75, 3.05) is 11.1 Å². The predicted molar refractivity (Wildman–Crippen MR) is 68.1 cm³/mol. The van der Waals surface area contributed by atoms with Gasteiger partial charge in [-0.15, -0.1) is 11.3 Å². The number of aromatic nitrogens is 2. The van der Waals surface area contributed by atoms with Crippen LogP contribution in [-0.2, 0) is 6.54 Å². The maximum absolute atomic E-state index is 5.82. The molecule has 0 aliphatic carbocycles. The molecule has 16 heavy (non-hydrogen) atoms. The van der Waals surface area contributed by atoms with Gasteiger partial charge in [0.05, 0.1) is 10.9 Å². The van der Waals surface area contributed by atoms with Gasteiger partial charge in [0.2, 0.25) is 0 Å². The standard InChI is InChI=1S/C9H8Cl2N4S/c10-6-2-1-5(16-6)3-13-9-7(12)8(11)14-4-15-9/h1-2,4H,3,12H2,(H,13,14,15). The normalized spacial score (nSPS) is 10.4. The van der Waals surface area contributed by atoms with Crippen molar-refractivity contribution in [1.29, 1.82) is 0 Å². The topological polar surface area (TPSA) is 63.8 Å². The van der Waals surface area contributed by atoms with Crippen LogP contribution in [0.5, 0.6) is 0 Å². The van der Waals surface area contributed by atoms with E-state index in [4.69, 9.17) is 28.9 Å². The third-order valence-corrected chi connectivity index (χ3v) is 3.43. The van der Waals surface area contributed by atoms with Crippen LogP contribution in [0.1, 0.15) is 4.88 Å². The molecule has 2 heterocycles. The fourth-order valence-electron chi connectivity index (χ4n) is 1.13. The lowest BCUT2D eigenvalue weighted by Gasteiger charge is -2.06. The molecule has 0 spiro atoms. The maximum Gasteiger partial charge on any atom is 0.157 e. The summed E-state index contributed by atoms with van der Waals surface area (Å²) in [7, 11) is 0. The molecule has 0 fully saturated rings. The fourth-order valence-corrected chi connectivity index (χ4v) is 2.29. The van der Waals surface area contributed by atoms with Crippen LogP contribution in [0.15, 0.2) is 18.5 Å². The Hall–Kier alpha value is -1.04. The van der Waals surface area contributed by atoms with Gasteiger partial charge in [0.25, 0.3) is 0 Å². The molecule has 7 heteroatoms. The summed E-state index contributed by atoms with van der Waals surface area (Å²) in [5.41, 5.74) is 6.06. The van der Waals surface area contributed by atoms with Crippen LogP contribution in [0.3, 0.4) is 0 Å². The molecule has 2 rings (SSSR count). The highest BCUT2D eigenvalue weighted by molar-refractivity contribution is 7.16. The number of thiophene rings is 1. The van der Waals surface area contributed by atoms with Crippen molar-refractivity contribution in [2.45, 2.75) is 6.54 Å². The minimum Gasteiger partial charge on any atom is -0.393 e. The minimum atomic E-state index is 0.252. The quantitative estimate of drug-likeness (QED) is 0.845. The molecule has 0 aromatic carbocycles. The summed E-state index contributed by atoms with van der Waals surface area (Å²) in [6.07, 6.45) is 1.36. The van der Waals surface area contributed by atoms with Crippen molar-refractivity contribution >= 4 is 46.0 Å². The molecule has 0 aliphatic rings. The van der Waals surface area contributed by atoms with Gasteiger partial charge in [-0.3, -0.25) is 0 Å². The first-order valence-corrected chi connectivity index (χ1v) is 5.98. The molecule has 0 unspecified atom stereocenters. The van der Waals surface area contributed by atoms with Crippen molar-refractivity contribution in [3.8, 4) is 0 Å². The number of hydrogen-bond donors (Lipinski definition) is 2. The zero-order valence-electron chi connectivity index (χ0n) is 8.08. The van der Waals surface area contributed by atoms with Crippen molar-refractivity contribution < 1.29 is 0 Å². The van der Waals surface area contributed by atoms with Crippen LogP contribution in [0.4, 0.5) is 11.5 Å². The highest BCUT2D eigenvalue weighted by Gasteiger charge is 2.05. The fraction of sp³-hybridized carbons (Fsp3) is 0.111. The van der Waals surface area contributed by atoms with E-state index in [-0.39, 0.29) is 5.15 Å². The van der Waals surface area contributed by atoms with E-state index in [2.05, 4.69) is 15.3 Å². The van der Waals surface area contributed by atoms with E-state index in [0.717, 1.165) is 9.21 Å². The zero-order chi connectivity index (χ0) is 11.5. The number of anilines is 2. The summed E-state index contributed by atoms with van der Waals surface area (Å²) < 4.78 is 0.755. The van der Waals surface area contributed by atoms with Gasteiger partial charge in [0.1, 0.15) is 12.0 Å². The average Bonchev–Trinajstić information content (AvgIpc) is 2.67. The number of rotatable bonds is 3. The van der Waals surface area contributed by atoms with Crippen LogP contribution in [0.2, 0.25) is 9.49 Å². The number of nitrogens with zero attached hydrogens (tertiary/aromatic N) is 2. The number of halogens is 2. The number of nitrogens with one attached hydrogen (secondary N) is 1. The van der Waals surface area contributed by atoms with E-state index in [1.807, 2.05) is 12.1 Å². The Morgan fingerprint density at radius 3 is 2.81 bits per heavy atom. The Labute approximate surface area is 106 Å². The third kappa shape index (κ3) is 2.55. The molecule has 0 amide bonds. The molecule has 84 valence electrons. The predicted octanol–water partition coefficient (Wildman–Crippen LogP) is 3.04. The molecule has 2 aromatic rings. The smallest absolute Gasteiger partial charge is 0.157 e. The van der Waals surface area contributed by atoms with Gasteiger partial charge >= 0.3 is 0 Å². The molecular formula is C9H8Cl2N4S. The molecule has 2 aromatic heterocycles. The largest absolute Gasteiger partial charge is 0.393 e. The van der Waals surface area contributed by atoms with E-state index in [9.17, 15) is 0 Å². The average molecular weight is 275 g/mol. The minimum absolute atomic E-state index is 0.252. The molecule has 0 atom stereocenters. The monoisotopic (exact) mass is 274 g/mol. The van der Waals surface area contributed by atoms with Gasteiger partial charge in [-0.1, -0.05) is 23.2 Å². The van der Waals surface area contributed by atoms with Crippen molar-refractivity contribution in [2.24, 2.45) is 0 Å². The Morgan fingerprint density at radius 2 is 2.12 bits per heavy atom. The summed E-state index contributed by atoms with van der Waals surface area (Å²) in [4.78, 5) is 8.87. The van der Waals surface area contributed by atoms with E-state index < -0.39 is 0 Å². The maximum atomic E-state index is 5.82. The summed E-state index contributed by atoms with van der Waals surface area (Å²) in [5, 5.41) is 3.33. The lowest BCUT2D eigenvalue weighted by Crippen LogP contribution is -2.04.